The summed E-state index contributed by atoms with van der Waals surface area (Å²) in [6, 6.07) is 7.00. The number of Topliss-reactive ketones (excluding diaryl/α,β-unsaturated/α-hetero) is 4. The maximum absolute atomic E-state index is 13.9. The van der Waals surface area contributed by atoms with Crippen LogP contribution < -0.4 is 37.6 Å². The number of carboxylic acid groups (broad SMARTS) is 7. The predicted molar refractivity (Wildman–Crippen MR) is 461 cm³/mol. The SMILES string of the molecule is CC(=O)N[C@@H](CCC(=O)O)C(=O)C[C@@H](CCC(=O)O)C(=O)N[C@@H](CCC(=O)O)C(=O)C[C@@H](CCC(=O)O)C(=O)N[C@@H](CCCCNC(=O)CN1CCN(CC(=O)O)CCN(CC(=O)O)CCN(CC(=O)O)CC1)C(N)=O.CCCCCCCCCCCCCCCC(=O)N[C@@H](Cc1ccc(O)cc1)C(=O)C[C@@H](Cc1ccc(O)cc1)C(=O)N[C@@H](C)C(=O)CC(C)C.[Gd]. The van der Waals surface area contributed by atoms with Gasteiger partial charge in [-0.2, -0.15) is 0 Å². The predicted octanol–water partition coefficient (Wildman–Crippen LogP) is 4.86. The first-order valence-electron chi connectivity index (χ1n) is 43.8. The van der Waals surface area contributed by atoms with E-state index in [1.165, 1.54) is 76.3 Å². The fraction of sp³-hybridized carbons (Fsp3) is 0.659. The van der Waals surface area contributed by atoms with Gasteiger partial charge in [0.1, 0.15) is 17.5 Å². The van der Waals surface area contributed by atoms with Gasteiger partial charge in [0, 0.05) is 181 Å². The molecule has 2 aromatic carbocycles. The molecule has 38 nitrogen and oxygen atoms in total. The molecule has 0 bridgehead atoms. The number of carbonyl (C=O) groups is 18. The number of aromatic hydroxyl groups is 2. The number of amides is 7. The zero-order valence-corrected chi connectivity index (χ0v) is 76.3. The Hall–Kier alpha value is -9.54. The van der Waals surface area contributed by atoms with Crippen molar-refractivity contribution < 1.29 is 172 Å². The zero-order valence-electron chi connectivity index (χ0n) is 74.0. The van der Waals surface area contributed by atoms with E-state index in [9.17, 15) is 127 Å². The molecule has 1 aliphatic heterocycles. The van der Waals surface area contributed by atoms with Crippen molar-refractivity contribution in [2.75, 3.05) is 85.1 Å². The molecule has 8 atom stereocenters. The number of benzene rings is 2. The Morgan fingerprint density at radius 2 is 0.709 bits per heavy atom. The largest absolute Gasteiger partial charge is 0.508 e. The van der Waals surface area contributed by atoms with E-state index in [0.717, 1.165) is 37.3 Å². The average Bonchev–Trinajstić information content (AvgIpc) is 0.826. The van der Waals surface area contributed by atoms with E-state index < -0.39 is 195 Å². The van der Waals surface area contributed by atoms with E-state index >= 15 is 0 Å². The number of carboxylic acids is 7. The molecule has 39 heteroatoms. The van der Waals surface area contributed by atoms with Crippen molar-refractivity contribution in [3.63, 3.8) is 0 Å². The second-order valence-electron chi connectivity index (χ2n) is 32.9. The number of rotatable bonds is 64. The summed E-state index contributed by atoms with van der Waals surface area (Å²) >= 11 is 0. The third-order valence-corrected chi connectivity index (χ3v) is 21.4. The average molecular weight is 1940 g/mol. The number of primary amides is 1. The van der Waals surface area contributed by atoms with Gasteiger partial charge in [0.2, 0.25) is 41.4 Å². The number of nitrogens with two attached hydrogens (primary N) is 1. The topological polar surface area (TPSA) is 600 Å². The number of nitrogens with one attached hydrogen (secondary N) is 6. The van der Waals surface area contributed by atoms with Gasteiger partial charge in [0.25, 0.3) is 0 Å². The smallest absolute Gasteiger partial charge is 0.317 e. The van der Waals surface area contributed by atoms with E-state index in [1.807, 2.05) is 13.8 Å². The second-order valence-corrected chi connectivity index (χ2v) is 32.9. The van der Waals surface area contributed by atoms with E-state index in [1.54, 1.807) is 62.9 Å². The fourth-order valence-corrected chi connectivity index (χ4v) is 14.3. The molecule has 714 valence electrons. The Balaban J connectivity index is 0.00000137. The quantitative estimate of drug-likeness (QED) is 0.0393. The van der Waals surface area contributed by atoms with Gasteiger partial charge in [-0.15, -0.1) is 0 Å². The maximum atomic E-state index is 13.9. The second kappa shape index (κ2) is 65.9. The van der Waals surface area contributed by atoms with Gasteiger partial charge >= 0.3 is 41.8 Å². The van der Waals surface area contributed by atoms with E-state index in [4.69, 9.17) is 10.8 Å². The summed E-state index contributed by atoms with van der Waals surface area (Å²) in [5, 5.41) is 101. The number of hydrogen-bond donors (Lipinski definition) is 16. The van der Waals surface area contributed by atoms with Crippen LogP contribution in [0.25, 0.3) is 0 Å². The van der Waals surface area contributed by atoms with Crippen LogP contribution in [0.15, 0.2) is 48.5 Å². The van der Waals surface area contributed by atoms with Crippen molar-refractivity contribution in [2.45, 2.75) is 264 Å². The number of nitrogens with zero attached hydrogens (tertiary/aromatic N) is 4. The zero-order chi connectivity index (χ0) is 94.2. The van der Waals surface area contributed by atoms with Crippen LogP contribution in [0, 0.1) is 63.6 Å². The number of carbonyl (C=O) groups excluding carboxylic acids is 11. The van der Waals surface area contributed by atoms with Gasteiger partial charge in [-0.05, 0) is 112 Å². The molecule has 7 amide bonds. The van der Waals surface area contributed by atoms with Gasteiger partial charge in [-0.3, -0.25) is 106 Å². The molecule has 0 radical (unpaired) electrons. The third kappa shape index (κ3) is 55.7. The van der Waals surface area contributed by atoms with Gasteiger partial charge in [-0.1, -0.05) is 122 Å². The van der Waals surface area contributed by atoms with Crippen molar-refractivity contribution in [1.82, 2.24) is 51.5 Å². The minimum atomic E-state index is -1.69. The maximum Gasteiger partial charge on any atom is 0.317 e. The molecule has 1 aliphatic rings. The summed E-state index contributed by atoms with van der Waals surface area (Å²) < 4.78 is 0. The summed E-state index contributed by atoms with van der Waals surface area (Å²) in [6.07, 6.45) is 11.0. The molecule has 1 saturated heterocycles. The molecule has 0 spiro atoms. The molecule has 0 aromatic heterocycles. The molecule has 1 fully saturated rings. The van der Waals surface area contributed by atoms with Crippen molar-refractivity contribution >= 4 is 106 Å². The van der Waals surface area contributed by atoms with Gasteiger partial charge in [-0.25, -0.2) is 0 Å². The molecule has 2 aromatic rings. The van der Waals surface area contributed by atoms with Crippen LogP contribution in [-0.4, -0.2) is 287 Å². The van der Waals surface area contributed by atoms with E-state index in [-0.39, 0.29) is 205 Å². The van der Waals surface area contributed by atoms with Gasteiger partial charge in [0.15, 0.2) is 23.1 Å². The number of phenolic OH excluding ortho intramolecular Hbond substituents is 2. The van der Waals surface area contributed by atoms with Crippen LogP contribution >= 0.6 is 0 Å². The number of phenols is 2. The fourth-order valence-electron chi connectivity index (χ4n) is 14.3. The van der Waals surface area contributed by atoms with E-state index in [2.05, 4.69) is 38.8 Å². The summed E-state index contributed by atoms with van der Waals surface area (Å²) in [4.78, 5) is 232. The number of unbranched alkanes of at least 4 members (excludes halogenated alkanes) is 13. The number of aliphatic carboxylic acids is 7. The molecular formula is C88H137GdN11O27. The molecule has 0 saturated carbocycles. The Morgan fingerprint density at radius 1 is 0.354 bits per heavy atom. The Morgan fingerprint density at radius 3 is 1.09 bits per heavy atom. The van der Waals surface area contributed by atoms with E-state index in [0.29, 0.717) is 12.8 Å². The molecule has 3 rings (SSSR count). The Bertz CT molecular complexity index is 3780. The summed E-state index contributed by atoms with van der Waals surface area (Å²) in [5.41, 5.74) is 7.12. The van der Waals surface area contributed by atoms with Crippen LogP contribution in [0.1, 0.15) is 232 Å². The van der Waals surface area contributed by atoms with Crippen LogP contribution in [0.5, 0.6) is 11.5 Å². The Labute approximate surface area is 774 Å². The molecular weight excluding hydrogens is 1800 g/mol. The van der Waals surface area contributed by atoms with Crippen molar-refractivity contribution in [1.29, 1.82) is 0 Å². The van der Waals surface area contributed by atoms with Crippen LogP contribution in [0.4, 0.5) is 0 Å². The Kier molecular flexibility index (Phi) is 59.9. The van der Waals surface area contributed by atoms with Crippen molar-refractivity contribution in [3.8, 4) is 11.5 Å². The molecule has 0 unspecified atom stereocenters. The van der Waals surface area contributed by atoms with Crippen LogP contribution in [0.2, 0.25) is 0 Å². The van der Waals surface area contributed by atoms with Crippen molar-refractivity contribution in [3.05, 3.63) is 59.7 Å². The first-order chi connectivity index (χ1) is 59.6. The van der Waals surface area contributed by atoms with Crippen LogP contribution in [-0.2, 0) is 99.1 Å². The number of hydrogen-bond acceptors (Lipinski definition) is 24. The minimum Gasteiger partial charge on any atom is -0.508 e. The summed E-state index contributed by atoms with van der Waals surface area (Å²) in [6.45, 7) is 9.14. The normalized spacial score (nSPS) is 14.8. The summed E-state index contributed by atoms with van der Waals surface area (Å²) in [5.74, 6) is -19.3. The molecule has 1 heterocycles. The molecule has 127 heavy (non-hydrogen) atoms. The third-order valence-electron chi connectivity index (χ3n) is 21.4. The molecule has 17 N–H and O–H groups in total. The minimum absolute atomic E-state index is 0. The number of ketones is 4. The summed E-state index contributed by atoms with van der Waals surface area (Å²) in [7, 11) is 0. The monoisotopic (exact) mass is 1940 g/mol. The first-order valence-corrected chi connectivity index (χ1v) is 43.8. The standard InChI is InChI=1S/C46H73N9O21.C42H64N2O6.Gd/c1-28(56)49-31(7-11-39(64)65)34(57)22-29(5-9-37(60)61)45(75)50-32(8-12-40(66)67)35(58)23-30(6-10-38(62)63)46(76)51-33(44(47)74)4-2-3-13-48-36(59)24-52-14-16-53(25-41(68)69)18-20-55(27-43(72)73)21-19-54(17-15-52)26-42(70)71;1-5-6-7-8-9-10-11-12-13-14-15-16-17-18-41(49)44-38(29-34-21-25-37(46)26-22-34)40(48)30-35(28-33-19-23-36(45)24-20-33)42(50)43-32(4)39(47)27-31(2)3;/h29-33H,2-27H2,1H3,(H2,47,74)(H,48,59)(H,49,56)(H,50,75)(H,51,76)(H,60,61)(H,62,63)(H,64,65)(H,66,67)(H,68,69)(H,70,71)(H,72,73);19-26,31-32,35,38,45-46H,5-18,27-30H2,1-4H3,(H,43,50)(H,44,49);/t29-,30-,31+,32+,33+;32-,35+,38-;/m10./s1. The van der Waals surface area contributed by atoms with Gasteiger partial charge in [0.05, 0.1) is 50.3 Å². The first kappa shape index (κ1) is 115. The van der Waals surface area contributed by atoms with Gasteiger partial charge < -0.3 is 83.6 Å². The van der Waals surface area contributed by atoms with Crippen LogP contribution in [0.3, 0.4) is 0 Å². The molecule has 0 aliphatic carbocycles. The van der Waals surface area contributed by atoms with Crippen molar-refractivity contribution in [2.24, 2.45) is 29.4 Å².